The summed E-state index contributed by atoms with van der Waals surface area (Å²) in [5.41, 5.74) is 3.07. The highest BCUT2D eigenvalue weighted by atomic mass is 32.2. The number of thioether (sulfide) groups is 1. The minimum Gasteiger partial charge on any atom is -0.331 e. The maximum atomic E-state index is 13.0. The molecule has 0 atom stereocenters. The molecule has 0 N–H and O–H groups in total. The van der Waals surface area contributed by atoms with Crippen molar-refractivity contribution in [3.8, 4) is 0 Å². The lowest BCUT2D eigenvalue weighted by atomic mass is 10.1. The molecule has 5 heteroatoms. The van der Waals surface area contributed by atoms with Gasteiger partial charge in [0.05, 0.1) is 10.7 Å². The fraction of sp³-hybridized carbons (Fsp3) is 0.273. The summed E-state index contributed by atoms with van der Waals surface area (Å²) in [5, 5.41) is 3.21. The number of thiazole rings is 1. The number of amides is 1. The fourth-order valence-electron chi connectivity index (χ4n) is 3.02. The van der Waals surface area contributed by atoms with E-state index in [2.05, 4.69) is 22.5 Å². The Kier molecular flexibility index (Phi) is 5.60. The van der Waals surface area contributed by atoms with Gasteiger partial charge in [-0.05, 0) is 49.6 Å². The number of nitrogens with zero attached hydrogens (tertiary/aromatic N) is 2. The van der Waals surface area contributed by atoms with Crippen molar-refractivity contribution in [2.75, 3.05) is 0 Å². The Morgan fingerprint density at radius 2 is 1.89 bits per heavy atom. The lowest BCUT2D eigenvalue weighted by Gasteiger charge is -2.23. The molecule has 2 aromatic carbocycles. The van der Waals surface area contributed by atoms with Crippen LogP contribution in [0, 0.1) is 6.92 Å². The molecular weight excluding hydrogens is 372 g/mol. The van der Waals surface area contributed by atoms with E-state index in [4.69, 9.17) is 0 Å². The van der Waals surface area contributed by atoms with Gasteiger partial charge in [0.15, 0.2) is 0 Å². The van der Waals surface area contributed by atoms with Gasteiger partial charge < -0.3 is 4.90 Å². The van der Waals surface area contributed by atoms with Crippen molar-refractivity contribution >= 4 is 29.0 Å². The first kappa shape index (κ1) is 18.3. The Morgan fingerprint density at radius 3 is 2.52 bits per heavy atom. The molecular formula is C22H22N2OS2. The first-order valence-electron chi connectivity index (χ1n) is 9.18. The summed E-state index contributed by atoms with van der Waals surface area (Å²) in [6, 6.07) is 18.6. The van der Waals surface area contributed by atoms with Gasteiger partial charge in [0, 0.05) is 34.2 Å². The molecule has 1 amide bonds. The van der Waals surface area contributed by atoms with Crippen molar-refractivity contribution < 1.29 is 4.79 Å². The van der Waals surface area contributed by atoms with E-state index in [1.165, 1.54) is 10.5 Å². The summed E-state index contributed by atoms with van der Waals surface area (Å²) in [6.07, 6.45) is 2.22. The van der Waals surface area contributed by atoms with Crippen molar-refractivity contribution in [2.45, 2.75) is 43.0 Å². The zero-order chi connectivity index (χ0) is 18.6. The lowest BCUT2D eigenvalue weighted by Crippen LogP contribution is -2.32. The molecule has 1 aliphatic rings. The van der Waals surface area contributed by atoms with E-state index >= 15 is 0 Å². The van der Waals surface area contributed by atoms with Crippen molar-refractivity contribution in [1.29, 1.82) is 0 Å². The van der Waals surface area contributed by atoms with Crippen LogP contribution in [0.5, 0.6) is 0 Å². The monoisotopic (exact) mass is 394 g/mol. The topological polar surface area (TPSA) is 33.2 Å². The highest BCUT2D eigenvalue weighted by Gasteiger charge is 2.33. The van der Waals surface area contributed by atoms with Gasteiger partial charge in [0.1, 0.15) is 0 Å². The maximum absolute atomic E-state index is 13.0. The van der Waals surface area contributed by atoms with E-state index in [1.807, 2.05) is 54.3 Å². The van der Waals surface area contributed by atoms with E-state index in [1.54, 1.807) is 23.1 Å². The third-order valence-corrected chi connectivity index (χ3v) is 6.47. The Labute approximate surface area is 168 Å². The van der Waals surface area contributed by atoms with Crippen molar-refractivity contribution in [3.63, 3.8) is 0 Å². The van der Waals surface area contributed by atoms with E-state index in [0.29, 0.717) is 12.6 Å². The van der Waals surface area contributed by atoms with Gasteiger partial charge in [-0.25, -0.2) is 4.98 Å². The molecule has 0 bridgehead atoms. The fourth-order valence-corrected chi connectivity index (χ4v) is 4.53. The molecule has 3 nitrogen and oxygen atoms in total. The molecule has 3 aromatic rings. The largest absolute Gasteiger partial charge is 0.331 e. The predicted octanol–water partition coefficient (Wildman–Crippen LogP) is 5.55. The molecule has 1 heterocycles. The quantitative estimate of drug-likeness (QED) is 0.493. The second-order valence-corrected chi connectivity index (χ2v) is 8.93. The van der Waals surface area contributed by atoms with Gasteiger partial charge in [-0.3, -0.25) is 4.79 Å². The first-order chi connectivity index (χ1) is 13.2. The molecule has 4 rings (SSSR count). The van der Waals surface area contributed by atoms with Crippen molar-refractivity contribution in [1.82, 2.24) is 9.88 Å². The molecule has 1 saturated carbocycles. The van der Waals surface area contributed by atoms with Crippen LogP contribution in [0.15, 0.2) is 64.9 Å². The summed E-state index contributed by atoms with van der Waals surface area (Å²) < 4.78 is 0. The molecule has 1 fully saturated rings. The molecule has 1 aliphatic carbocycles. The molecule has 0 aliphatic heterocycles. The molecule has 0 spiro atoms. The zero-order valence-electron chi connectivity index (χ0n) is 15.3. The summed E-state index contributed by atoms with van der Waals surface area (Å²) in [4.78, 5) is 20.7. The van der Waals surface area contributed by atoms with Crippen LogP contribution in [0.3, 0.4) is 0 Å². The normalized spacial score (nSPS) is 13.5. The Balaban J connectivity index is 1.41. The van der Waals surface area contributed by atoms with Crippen LogP contribution in [0.25, 0.3) is 0 Å². The van der Waals surface area contributed by atoms with Crippen LogP contribution < -0.4 is 0 Å². The predicted molar refractivity (Wildman–Crippen MR) is 112 cm³/mol. The average molecular weight is 395 g/mol. The number of hydrogen-bond acceptors (Lipinski definition) is 4. The summed E-state index contributed by atoms with van der Waals surface area (Å²) in [7, 11) is 0. The highest BCUT2D eigenvalue weighted by molar-refractivity contribution is 7.98. The highest BCUT2D eigenvalue weighted by Crippen LogP contribution is 2.30. The number of hydrogen-bond donors (Lipinski definition) is 0. The molecule has 1 aromatic heterocycles. The molecule has 0 radical (unpaired) electrons. The van der Waals surface area contributed by atoms with Crippen LogP contribution >= 0.6 is 23.1 Å². The second kappa shape index (κ2) is 8.28. The number of carbonyl (C=O) groups is 1. The molecule has 138 valence electrons. The van der Waals surface area contributed by atoms with E-state index in [9.17, 15) is 4.79 Å². The third-order valence-electron chi connectivity index (χ3n) is 4.60. The van der Waals surface area contributed by atoms with E-state index in [0.717, 1.165) is 34.9 Å². The van der Waals surface area contributed by atoms with Gasteiger partial charge in [0.25, 0.3) is 5.91 Å². The van der Waals surface area contributed by atoms with Gasteiger partial charge in [-0.2, -0.15) is 0 Å². The molecule has 0 saturated heterocycles. The first-order valence-corrected chi connectivity index (χ1v) is 11.0. The minimum absolute atomic E-state index is 0.132. The summed E-state index contributed by atoms with van der Waals surface area (Å²) in [5.74, 6) is 0.993. The Bertz CT molecular complexity index is 902. The third kappa shape index (κ3) is 4.79. The minimum atomic E-state index is 0.132. The number of aryl methyl sites for hydroxylation is 1. The van der Waals surface area contributed by atoms with Crippen LogP contribution in [0.1, 0.15) is 39.5 Å². The average Bonchev–Trinajstić information content (AvgIpc) is 3.46. The van der Waals surface area contributed by atoms with Crippen LogP contribution in [-0.2, 0) is 12.3 Å². The van der Waals surface area contributed by atoms with E-state index in [-0.39, 0.29) is 5.91 Å². The van der Waals surface area contributed by atoms with Crippen LogP contribution in [-0.4, -0.2) is 21.8 Å². The van der Waals surface area contributed by atoms with Crippen LogP contribution in [0.4, 0.5) is 0 Å². The van der Waals surface area contributed by atoms with Crippen LogP contribution in [0.2, 0.25) is 0 Å². The number of carbonyl (C=O) groups excluding carboxylic acids is 1. The van der Waals surface area contributed by atoms with Gasteiger partial charge in [-0.1, -0.05) is 30.3 Å². The standard InChI is InChI=1S/C22H22N2OS2/c1-16-23-19(14-26-16)15-27-21-11-7-18(8-12-21)22(25)24(20-9-10-20)13-17-5-3-2-4-6-17/h2-8,11-12,14,20H,9-10,13,15H2,1H3. The van der Waals surface area contributed by atoms with Crippen molar-refractivity contribution in [2.24, 2.45) is 0 Å². The number of aromatic nitrogens is 1. The van der Waals surface area contributed by atoms with Gasteiger partial charge in [0.2, 0.25) is 0 Å². The SMILES string of the molecule is Cc1nc(CSc2ccc(C(=O)N(Cc3ccccc3)C3CC3)cc2)cs1. The number of rotatable bonds is 7. The van der Waals surface area contributed by atoms with E-state index < -0.39 is 0 Å². The Morgan fingerprint density at radius 1 is 1.15 bits per heavy atom. The maximum Gasteiger partial charge on any atom is 0.254 e. The van der Waals surface area contributed by atoms with Crippen molar-refractivity contribution in [3.05, 3.63) is 81.8 Å². The lowest BCUT2D eigenvalue weighted by molar-refractivity contribution is 0.0730. The number of benzene rings is 2. The summed E-state index contributed by atoms with van der Waals surface area (Å²) in [6.45, 7) is 2.71. The Hall–Kier alpha value is -2.11. The molecule has 27 heavy (non-hydrogen) atoms. The smallest absolute Gasteiger partial charge is 0.254 e. The molecule has 0 unspecified atom stereocenters. The van der Waals surface area contributed by atoms with Gasteiger partial charge >= 0.3 is 0 Å². The van der Waals surface area contributed by atoms with Gasteiger partial charge in [-0.15, -0.1) is 23.1 Å². The second-order valence-electron chi connectivity index (χ2n) is 6.82. The zero-order valence-corrected chi connectivity index (χ0v) is 16.9. The summed E-state index contributed by atoms with van der Waals surface area (Å²) >= 11 is 3.44.